The molecule has 3 aromatic heterocycles. The van der Waals surface area contributed by atoms with Crippen molar-refractivity contribution in [2.75, 3.05) is 0 Å². The molecule has 9 rings (SSSR count). The molecular weight excluding hydrogens is 557 g/mol. The van der Waals surface area contributed by atoms with E-state index in [1.54, 1.807) is 11.3 Å². The van der Waals surface area contributed by atoms with E-state index in [9.17, 15) is 5.48 Å². The van der Waals surface area contributed by atoms with E-state index in [1.807, 2.05) is 102 Å². The van der Waals surface area contributed by atoms with Gasteiger partial charge in [0.05, 0.1) is 16.5 Å². The topological polar surface area (TPSA) is 43.6 Å². The molecule has 0 saturated carbocycles. The van der Waals surface area contributed by atoms with Crippen molar-refractivity contribution in [3.8, 4) is 39.9 Å². The molecule has 0 amide bonds. The molecule has 0 N–H and O–H groups in total. The fraction of sp³-hybridized carbons (Fsp3) is 0. The molecule has 5 heteroatoms. The lowest BCUT2D eigenvalue weighted by molar-refractivity contribution is 1.07. The minimum absolute atomic E-state index is 0.0261. The lowest BCUT2D eigenvalue weighted by atomic mass is 10.1. The molecule has 206 valence electrons. The largest absolute Gasteiger partial charge is 0.309 e. The van der Waals surface area contributed by atoms with Gasteiger partial charge in [-0.1, -0.05) is 97.1 Å². The first-order valence-electron chi connectivity index (χ1n) is 16.3. The summed E-state index contributed by atoms with van der Waals surface area (Å²) in [6.45, 7) is 0. The van der Waals surface area contributed by atoms with Crippen molar-refractivity contribution in [1.82, 2.24) is 19.5 Å². The molecule has 0 fully saturated rings. The minimum atomic E-state index is -0.218. The Kier molecular flexibility index (Phi) is 4.78. The third kappa shape index (κ3) is 4.02. The summed E-state index contributed by atoms with van der Waals surface area (Å²) in [7, 11) is 0. The van der Waals surface area contributed by atoms with Crippen LogP contribution in [-0.2, 0) is 0 Å². The van der Waals surface area contributed by atoms with Crippen molar-refractivity contribution in [3.05, 3.63) is 145 Å². The Labute approximate surface area is 263 Å². The van der Waals surface area contributed by atoms with E-state index < -0.39 is 0 Å². The molecule has 0 atom stereocenters. The summed E-state index contributed by atoms with van der Waals surface area (Å²) in [4.78, 5) is 14.2. The van der Waals surface area contributed by atoms with Crippen LogP contribution >= 0.6 is 11.3 Å². The van der Waals surface area contributed by atoms with Gasteiger partial charge in [-0.15, -0.1) is 11.3 Å². The maximum Gasteiger partial charge on any atom is 0.164 e. The van der Waals surface area contributed by atoms with Crippen LogP contribution in [0.15, 0.2) is 145 Å². The van der Waals surface area contributed by atoms with E-state index in [4.69, 9.17) is 15.0 Å². The molecular formula is C39H24N4S. The SMILES string of the molecule is [2H]c1c([2H])c(-n2c3ccccc3c3cc4c(cc32)sc2ccccc24)c([2H])c([2H])c1-c1nc(-c2ccccc2)nc(-c2ccccc2)n1. The molecule has 0 saturated heterocycles. The number of thiophene rings is 1. The maximum atomic E-state index is 9.36. The van der Waals surface area contributed by atoms with Crippen molar-refractivity contribution < 1.29 is 5.48 Å². The zero-order chi connectivity index (χ0) is 32.5. The van der Waals surface area contributed by atoms with Crippen molar-refractivity contribution >= 4 is 53.3 Å². The Hall–Kier alpha value is -5.65. The third-order valence-electron chi connectivity index (χ3n) is 7.93. The third-order valence-corrected chi connectivity index (χ3v) is 9.06. The van der Waals surface area contributed by atoms with Crippen molar-refractivity contribution in [2.24, 2.45) is 0 Å². The normalized spacial score (nSPS) is 12.9. The van der Waals surface area contributed by atoms with Crippen molar-refractivity contribution in [2.45, 2.75) is 0 Å². The van der Waals surface area contributed by atoms with Gasteiger partial charge in [-0.05, 0) is 48.4 Å². The van der Waals surface area contributed by atoms with Gasteiger partial charge in [0, 0.05) is 53.3 Å². The van der Waals surface area contributed by atoms with Gasteiger partial charge in [0.1, 0.15) is 0 Å². The Morgan fingerprint density at radius 1 is 0.455 bits per heavy atom. The van der Waals surface area contributed by atoms with Gasteiger partial charge in [-0.3, -0.25) is 0 Å². The summed E-state index contributed by atoms with van der Waals surface area (Å²) in [6, 6.07) is 38.7. The standard InChI is InChI=1S/C39H24N4S/c1-3-11-25(12-4-1)37-40-38(26-13-5-2-6-14-26)42-39(41-37)27-19-21-28(22-20-27)43-33-17-9-7-15-29(33)31-23-32-30-16-8-10-18-35(30)44-36(32)24-34(31)43/h1-24H/i19D,20D,21D,22D. The van der Waals surface area contributed by atoms with Crippen LogP contribution in [0, 0.1) is 0 Å². The first-order valence-corrected chi connectivity index (χ1v) is 15.1. The number of aromatic nitrogens is 4. The first kappa shape index (κ1) is 21.1. The van der Waals surface area contributed by atoms with Crippen LogP contribution in [0.2, 0.25) is 0 Å². The van der Waals surface area contributed by atoms with Gasteiger partial charge in [-0.25, -0.2) is 15.0 Å². The number of hydrogen-bond donors (Lipinski definition) is 0. The van der Waals surface area contributed by atoms with Crippen molar-refractivity contribution in [3.63, 3.8) is 0 Å². The molecule has 4 nitrogen and oxygen atoms in total. The van der Waals surface area contributed by atoms with Gasteiger partial charge < -0.3 is 4.57 Å². The number of fused-ring (bicyclic) bond motifs is 6. The second-order valence-electron chi connectivity index (χ2n) is 10.6. The van der Waals surface area contributed by atoms with Gasteiger partial charge in [0.2, 0.25) is 0 Å². The lowest BCUT2D eigenvalue weighted by Gasteiger charge is -2.11. The predicted molar refractivity (Wildman–Crippen MR) is 183 cm³/mol. The molecule has 0 spiro atoms. The Morgan fingerprint density at radius 2 is 1.02 bits per heavy atom. The molecule has 0 radical (unpaired) electrons. The minimum Gasteiger partial charge on any atom is -0.309 e. The molecule has 9 aromatic rings. The predicted octanol–water partition coefficient (Wildman–Crippen LogP) is 10.3. The zero-order valence-electron chi connectivity index (χ0n) is 27.2. The Morgan fingerprint density at radius 3 is 1.70 bits per heavy atom. The quantitative estimate of drug-likeness (QED) is 0.207. The fourth-order valence-corrected chi connectivity index (χ4v) is 7.00. The van der Waals surface area contributed by atoms with Crippen LogP contribution in [0.5, 0.6) is 0 Å². The van der Waals surface area contributed by atoms with Crippen LogP contribution < -0.4 is 0 Å². The smallest absolute Gasteiger partial charge is 0.164 e. The van der Waals surface area contributed by atoms with E-state index >= 15 is 0 Å². The molecule has 0 aliphatic rings. The summed E-state index contributed by atoms with van der Waals surface area (Å²) in [5.74, 6) is 0.853. The average Bonchev–Trinajstić information content (AvgIpc) is 3.65. The van der Waals surface area contributed by atoms with Gasteiger partial charge in [0.25, 0.3) is 0 Å². The zero-order valence-corrected chi connectivity index (χ0v) is 24.1. The summed E-state index contributed by atoms with van der Waals surface area (Å²) >= 11 is 1.70. The molecule has 0 aliphatic carbocycles. The summed E-state index contributed by atoms with van der Waals surface area (Å²) < 4.78 is 41.4. The van der Waals surface area contributed by atoms with Gasteiger partial charge >= 0.3 is 0 Å². The first-order chi connectivity index (χ1) is 23.5. The van der Waals surface area contributed by atoms with Crippen LogP contribution in [0.1, 0.15) is 5.48 Å². The van der Waals surface area contributed by atoms with E-state index in [1.165, 1.54) is 10.1 Å². The van der Waals surface area contributed by atoms with E-state index in [0.29, 0.717) is 11.6 Å². The van der Waals surface area contributed by atoms with Crippen LogP contribution in [0.3, 0.4) is 0 Å². The fourth-order valence-electron chi connectivity index (χ4n) is 5.88. The highest BCUT2D eigenvalue weighted by Crippen LogP contribution is 2.40. The second kappa shape index (κ2) is 9.97. The molecule has 6 aromatic carbocycles. The molecule has 44 heavy (non-hydrogen) atoms. The Balaban J connectivity index is 1.31. The molecule has 3 heterocycles. The van der Waals surface area contributed by atoms with Gasteiger partial charge in [-0.2, -0.15) is 0 Å². The average molecular weight is 585 g/mol. The van der Waals surface area contributed by atoms with Crippen LogP contribution in [0.25, 0.3) is 81.8 Å². The monoisotopic (exact) mass is 584 g/mol. The summed E-state index contributed by atoms with van der Waals surface area (Å²) in [6.07, 6.45) is 0. The van der Waals surface area contributed by atoms with Crippen LogP contribution in [0.4, 0.5) is 0 Å². The number of nitrogens with zero attached hydrogens (tertiary/aromatic N) is 4. The molecule has 0 unspecified atom stereocenters. The highest BCUT2D eigenvalue weighted by Gasteiger charge is 2.16. The summed E-state index contributed by atoms with van der Waals surface area (Å²) in [5, 5.41) is 4.30. The summed E-state index contributed by atoms with van der Waals surface area (Å²) in [5.41, 5.74) is 3.34. The lowest BCUT2D eigenvalue weighted by Crippen LogP contribution is -2.00. The maximum absolute atomic E-state index is 9.36. The Bertz CT molecular complexity index is 2640. The number of rotatable bonds is 4. The van der Waals surface area contributed by atoms with E-state index in [2.05, 4.69) is 24.3 Å². The van der Waals surface area contributed by atoms with Crippen molar-refractivity contribution in [1.29, 1.82) is 0 Å². The highest BCUT2D eigenvalue weighted by atomic mass is 32.1. The van der Waals surface area contributed by atoms with E-state index in [0.717, 1.165) is 43.0 Å². The number of para-hydroxylation sites is 1. The molecule has 0 bridgehead atoms. The number of hydrogen-bond acceptors (Lipinski definition) is 4. The second-order valence-corrected chi connectivity index (χ2v) is 11.7. The highest BCUT2D eigenvalue weighted by molar-refractivity contribution is 7.25. The van der Waals surface area contributed by atoms with E-state index in [-0.39, 0.29) is 41.2 Å². The molecule has 0 aliphatic heterocycles. The van der Waals surface area contributed by atoms with Crippen LogP contribution in [-0.4, -0.2) is 19.5 Å². The number of benzene rings is 6. The van der Waals surface area contributed by atoms with Gasteiger partial charge in [0.15, 0.2) is 17.5 Å².